The van der Waals surface area contributed by atoms with E-state index < -0.39 is 0 Å². The fraction of sp³-hybridized carbons (Fsp3) is 0.409. The van der Waals surface area contributed by atoms with Gasteiger partial charge in [-0.1, -0.05) is 32.9 Å². The highest BCUT2D eigenvalue weighted by Gasteiger charge is 2.21. The maximum absolute atomic E-state index is 13.3. The van der Waals surface area contributed by atoms with Crippen LogP contribution in [0, 0.1) is 5.92 Å². The first kappa shape index (κ1) is 20.5. The Balaban J connectivity index is 1.95. The predicted molar refractivity (Wildman–Crippen MR) is 116 cm³/mol. The highest BCUT2D eigenvalue weighted by molar-refractivity contribution is 9.10. The number of imidazole rings is 1. The van der Waals surface area contributed by atoms with Gasteiger partial charge >= 0.3 is 0 Å². The number of aryl methyl sites for hydroxylation is 1. The Morgan fingerprint density at radius 2 is 2.00 bits per heavy atom. The Labute approximate surface area is 174 Å². The molecule has 5 nitrogen and oxygen atoms in total. The zero-order chi connectivity index (χ0) is 20.1. The lowest BCUT2D eigenvalue weighted by molar-refractivity contribution is 0.0728. The van der Waals surface area contributed by atoms with E-state index in [1.807, 2.05) is 41.3 Å². The van der Waals surface area contributed by atoms with Gasteiger partial charge in [0.25, 0.3) is 5.91 Å². The van der Waals surface area contributed by atoms with E-state index in [2.05, 4.69) is 46.3 Å². The third kappa shape index (κ3) is 4.61. The van der Waals surface area contributed by atoms with E-state index in [-0.39, 0.29) is 5.91 Å². The van der Waals surface area contributed by atoms with Crippen LogP contribution in [-0.4, -0.2) is 31.9 Å². The molecule has 0 saturated heterocycles. The number of rotatable bonds is 8. The molecule has 0 aliphatic heterocycles. The molecule has 0 unspecified atom stereocenters. The first-order chi connectivity index (χ1) is 13.5. The summed E-state index contributed by atoms with van der Waals surface area (Å²) in [6.07, 6.45) is 3.73. The third-order valence-corrected chi connectivity index (χ3v) is 5.42. The molecule has 28 heavy (non-hydrogen) atoms. The largest absolute Gasteiger partial charge is 0.331 e. The molecule has 0 N–H and O–H groups in total. The van der Waals surface area contributed by atoms with Gasteiger partial charge in [-0.25, -0.2) is 9.97 Å². The van der Waals surface area contributed by atoms with E-state index in [4.69, 9.17) is 4.98 Å². The number of hydrogen-bond donors (Lipinski definition) is 0. The maximum atomic E-state index is 13.3. The Kier molecular flexibility index (Phi) is 6.83. The Hall–Kier alpha value is -2.21. The first-order valence-corrected chi connectivity index (χ1v) is 10.6. The van der Waals surface area contributed by atoms with Crippen LogP contribution in [0.4, 0.5) is 0 Å². The van der Waals surface area contributed by atoms with Crippen LogP contribution in [0.1, 0.15) is 49.8 Å². The van der Waals surface area contributed by atoms with E-state index in [1.54, 1.807) is 6.20 Å². The summed E-state index contributed by atoms with van der Waals surface area (Å²) >= 11 is 3.52. The summed E-state index contributed by atoms with van der Waals surface area (Å²) in [5, 5.41) is 0. The van der Waals surface area contributed by atoms with Crippen molar-refractivity contribution in [2.75, 3.05) is 6.54 Å². The molecule has 0 fully saturated rings. The van der Waals surface area contributed by atoms with E-state index in [1.165, 1.54) is 0 Å². The monoisotopic (exact) mass is 442 g/mol. The topological polar surface area (TPSA) is 51.0 Å². The highest BCUT2D eigenvalue weighted by atomic mass is 79.9. The number of carbonyl (C=O) groups excluding carboxylic acids is 1. The van der Waals surface area contributed by atoms with Gasteiger partial charge in [-0.2, -0.15) is 0 Å². The minimum atomic E-state index is 0.0242. The van der Waals surface area contributed by atoms with Crippen molar-refractivity contribution in [3.8, 4) is 0 Å². The molecule has 0 spiro atoms. The van der Waals surface area contributed by atoms with Gasteiger partial charge in [0.05, 0.1) is 12.1 Å². The molecule has 0 aliphatic rings. The molecule has 3 rings (SSSR count). The zero-order valence-electron chi connectivity index (χ0n) is 16.7. The number of halogens is 1. The Morgan fingerprint density at radius 1 is 1.21 bits per heavy atom. The third-order valence-electron chi connectivity index (χ3n) is 4.73. The van der Waals surface area contributed by atoms with Crippen LogP contribution >= 0.6 is 15.9 Å². The molecule has 3 aromatic rings. The van der Waals surface area contributed by atoms with Crippen LogP contribution in [0.15, 0.2) is 47.1 Å². The molecule has 1 aromatic carbocycles. The zero-order valence-corrected chi connectivity index (χ0v) is 18.3. The van der Waals surface area contributed by atoms with Gasteiger partial charge in [-0.3, -0.25) is 4.79 Å². The van der Waals surface area contributed by atoms with Crippen LogP contribution in [0.5, 0.6) is 0 Å². The summed E-state index contributed by atoms with van der Waals surface area (Å²) < 4.78 is 2.96. The van der Waals surface area contributed by atoms with Crippen LogP contribution in [0.2, 0.25) is 0 Å². The van der Waals surface area contributed by atoms with Gasteiger partial charge in [-0.05, 0) is 59.0 Å². The average molecular weight is 443 g/mol. The quantitative estimate of drug-likeness (QED) is 0.475. The van der Waals surface area contributed by atoms with Crippen LogP contribution < -0.4 is 0 Å². The molecule has 0 radical (unpaired) electrons. The van der Waals surface area contributed by atoms with E-state index in [0.29, 0.717) is 24.6 Å². The fourth-order valence-corrected chi connectivity index (χ4v) is 3.68. The van der Waals surface area contributed by atoms with Crippen molar-refractivity contribution in [3.05, 3.63) is 58.5 Å². The lowest BCUT2D eigenvalue weighted by Gasteiger charge is -2.24. The number of fused-ring (bicyclic) bond motifs is 1. The highest BCUT2D eigenvalue weighted by Crippen LogP contribution is 2.21. The number of amides is 1. The van der Waals surface area contributed by atoms with Gasteiger partial charge in [0, 0.05) is 23.8 Å². The van der Waals surface area contributed by atoms with Crippen molar-refractivity contribution in [3.63, 3.8) is 0 Å². The molecule has 148 valence electrons. The molecule has 0 bridgehead atoms. The predicted octanol–water partition coefficient (Wildman–Crippen LogP) is 5.29. The number of nitrogens with zero attached hydrogens (tertiary/aromatic N) is 4. The minimum absolute atomic E-state index is 0.0242. The number of aromatic nitrogens is 3. The second-order valence-corrected chi connectivity index (χ2v) is 8.27. The summed E-state index contributed by atoms with van der Waals surface area (Å²) in [7, 11) is 0. The minimum Gasteiger partial charge on any atom is -0.331 e. The number of carbonyl (C=O) groups is 1. The molecule has 0 saturated carbocycles. The lowest BCUT2D eigenvalue weighted by atomic mass is 10.1. The van der Waals surface area contributed by atoms with Gasteiger partial charge < -0.3 is 9.47 Å². The summed E-state index contributed by atoms with van der Waals surface area (Å²) in [4.78, 5) is 24.5. The molecular formula is C22H27BrN4O. The molecule has 1 amide bonds. The van der Waals surface area contributed by atoms with Crippen molar-refractivity contribution in [2.24, 2.45) is 5.92 Å². The van der Waals surface area contributed by atoms with Crippen molar-refractivity contribution in [1.29, 1.82) is 0 Å². The smallest absolute Gasteiger partial charge is 0.255 e. The van der Waals surface area contributed by atoms with Crippen LogP contribution in [0.3, 0.4) is 0 Å². The Morgan fingerprint density at radius 3 is 2.71 bits per heavy atom. The Bertz CT molecular complexity index is 951. The van der Waals surface area contributed by atoms with Gasteiger partial charge in [0.15, 0.2) is 5.65 Å². The molecule has 2 heterocycles. The number of pyridine rings is 1. The first-order valence-electron chi connectivity index (χ1n) is 9.85. The molecule has 0 atom stereocenters. The molecule has 6 heteroatoms. The molecular weight excluding hydrogens is 416 g/mol. The number of hydrogen-bond acceptors (Lipinski definition) is 3. The number of benzene rings is 1. The summed E-state index contributed by atoms with van der Waals surface area (Å²) in [6.45, 7) is 8.50. The summed E-state index contributed by atoms with van der Waals surface area (Å²) in [5.41, 5.74) is 2.45. The molecule has 0 aliphatic carbocycles. The van der Waals surface area contributed by atoms with Crippen molar-refractivity contribution < 1.29 is 4.79 Å². The second-order valence-electron chi connectivity index (χ2n) is 7.41. The average Bonchev–Trinajstić information content (AvgIpc) is 3.02. The second kappa shape index (κ2) is 9.32. The van der Waals surface area contributed by atoms with Crippen molar-refractivity contribution >= 4 is 33.0 Å². The maximum Gasteiger partial charge on any atom is 0.255 e. The molecule has 2 aromatic heterocycles. The fourth-order valence-electron chi connectivity index (χ4n) is 3.23. The van der Waals surface area contributed by atoms with Crippen LogP contribution in [0.25, 0.3) is 11.2 Å². The summed E-state index contributed by atoms with van der Waals surface area (Å²) in [6, 6.07) is 11.5. The van der Waals surface area contributed by atoms with Crippen molar-refractivity contribution in [2.45, 2.75) is 46.7 Å². The SMILES string of the molecule is CCCn1c(CN(CCC(C)C)C(=O)c2ccccc2Br)nc2cccnc21. The van der Waals surface area contributed by atoms with Crippen LogP contribution in [-0.2, 0) is 13.1 Å². The van der Waals surface area contributed by atoms with E-state index in [9.17, 15) is 4.79 Å². The van der Waals surface area contributed by atoms with Gasteiger partial charge in [0.1, 0.15) is 11.3 Å². The van der Waals surface area contributed by atoms with Gasteiger partial charge in [0.2, 0.25) is 0 Å². The lowest BCUT2D eigenvalue weighted by Crippen LogP contribution is -2.33. The van der Waals surface area contributed by atoms with E-state index >= 15 is 0 Å². The van der Waals surface area contributed by atoms with Crippen molar-refractivity contribution in [1.82, 2.24) is 19.4 Å². The summed E-state index contributed by atoms with van der Waals surface area (Å²) in [5.74, 6) is 1.43. The van der Waals surface area contributed by atoms with E-state index in [0.717, 1.165) is 40.8 Å². The normalized spacial score (nSPS) is 11.3. The standard InChI is InChI=1S/C22H27BrN4O/c1-4-13-27-20(25-19-10-7-12-24-21(19)27)15-26(14-11-16(2)3)22(28)17-8-5-6-9-18(17)23/h5-10,12,16H,4,11,13-15H2,1-3H3. The van der Waals surface area contributed by atoms with Gasteiger partial charge in [-0.15, -0.1) is 0 Å².